The average Bonchev–Trinajstić information content (AvgIpc) is 3.42. The van der Waals surface area contributed by atoms with Crippen LogP contribution in [0, 0.1) is 0 Å². The quantitative estimate of drug-likeness (QED) is 0.380. The van der Waals surface area contributed by atoms with Crippen LogP contribution in [-0.4, -0.2) is 25.0 Å². The summed E-state index contributed by atoms with van der Waals surface area (Å²) in [5, 5.41) is 19.9. The number of hydrogen-bond donors (Lipinski definition) is 0. The zero-order chi connectivity index (χ0) is 20.6. The van der Waals surface area contributed by atoms with Gasteiger partial charge in [-0.25, -0.2) is 0 Å². The first-order chi connectivity index (χ1) is 13.8. The molecule has 3 heterocycles. The Balaban J connectivity index is 1.51. The number of thiophene rings is 1. The molecule has 1 aromatic carbocycles. The van der Waals surface area contributed by atoms with Gasteiger partial charge in [0.05, 0.1) is 10.1 Å². The van der Waals surface area contributed by atoms with Crippen molar-refractivity contribution >= 4 is 23.1 Å². The first-order valence-corrected chi connectivity index (χ1v) is 11.1. The first-order valence-electron chi connectivity index (χ1n) is 9.37. The van der Waals surface area contributed by atoms with E-state index in [1.807, 2.05) is 36.1 Å². The van der Waals surface area contributed by atoms with Gasteiger partial charge in [0.15, 0.2) is 11.0 Å². The molecule has 4 aromatic rings. The SMILES string of the molecule is C[C@@H](Sc1nnc(-c2ccc(C(C)(C)C)cc2)n1C)c1nnc(-c2cccs2)o1. The van der Waals surface area contributed by atoms with Crippen LogP contribution in [0.2, 0.25) is 0 Å². The van der Waals surface area contributed by atoms with E-state index in [-0.39, 0.29) is 10.7 Å². The van der Waals surface area contributed by atoms with Gasteiger partial charge < -0.3 is 8.98 Å². The van der Waals surface area contributed by atoms with Crippen LogP contribution in [0.3, 0.4) is 0 Å². The van der Waals surface area contributed by atoms with Crippen LogP contribution < -0.4 is 0 Å². The predicted octanol–water partition coefficient (Wildman–Crippen LogP) is 5.74. The third-order valence-electron chi connectivity index (χ3n) is 4.65. The lowest BCUT2D eigenvalue weighted by molar-refractivity contribution is 0.509. The number of rotatable bonds is 5. The summed E-state index contributed by atoms with van der Waals surface area (Å²) in [4.78, 5) is 0.973. The molecule has 0 aliphatic rings. The zero-order valence-corrected chi connectivity index (χ0v) is 18.7. The lowest BCUT2D eigenvalue weighted by Crippen LogP contribution is -2.10. The molecular weight excluding hydrogens is 402 g/mol. The molecule has 1 atom stereocenters. The number of nitrogens with zero attached hydrogens (tertiary/aromatic N) is 5. The second-order valence-corrected chi connectivity index (χ2v) is 10.1. The second kappa shape index (κ2) is 7.76. The highest BCUT2D eigenvalue weighted by molar-refractivity contribution is 7.99. The minimum atomic E-state index is -0.0322. The minimum absolute atomic E-state index is 0.0322. The highest BCUT2D eigenvalue weighted by Crippen LogP contribution is 2.36. The largest absolute Gasteiger partial charge is 0.419 e. The van der Waals surface area contributed by atoms with Gasteiger partial charge in [-0.2, -0.15) is 0 Å². The van der Waals surface area contributed by atoms with Crippen molar-refractivity contribution < 1.29 is 4.42 Å². The van der Waals surface area contributed by atoms with Crippen molar-refractivity contribution in [3.8, 4) is 22.2 Å². The maximum atomic E-state index is 5.85. The Morgan fingerprint density at radius 2 is 1.79 bits per heavy atom. The van der Waals surface area contributed by atoms with Gasteiger partial charge in [0.25, 0.3) is 5.89 Å². The molecule has 0 fully saturated rings. The number of aromatic nitrogens is 5. The van der Waals surface area contributed by atoms with Crippen LogP contribution >= 0.6 is 23.1 Å². The van der Waals surface area contributed by atoms with Crippen molar-refractivity contribution in [1.82, 2.24) is 25.0 Å². The molecular formula is C21H23N5OS2. The molecule has 6 nitrogen and oxygen atoms in total. The summed E-state index contributed by atoms with van der Waals surface area (Å²) in [6.45, 7) is 8.66. The molecule has 4 rings (SSSR count). The van der Waals surface area contributed by atoms with E-state index < -0.39 is 0 Å². The molecule has 0 bridgehead atoms. The van der Waals surface area contributed by atoms with E-state index in [0.717, 1.165) is 21.4 Å². The normalized spacial score (nSPS) is 13.0. The monoisotopic (exact) mass is 425 g/mol. The summed E-state index contributed by atoms with van der Waals surface area (Å²) in [6, 6.07) is 12.5. The van der Waals surface area contributed by atoms with E-state index in [1.54, 1.807) is 23.1 Å². The van der Waals surface area contributed by atoms with Crippen LogP contribution in [0.5, 0.6) is 0 Å². The van der Waals surface area contributed by atoms with Crippen molar-refractivity contribution in [2.75, 3.05) is 0 Å². The number of hydrogen-bond acceptors (Lipinski definition) is 7. The summed E-state index contributed by atoms with van der Waals surface area (Å²) in [5.41, 5.74) is 2.47. The van der Waals surface area contributed by atoms with Crippen LogP contribution in [0.1, 0.15) is 44.4 Å². The predicted molar refractivity (Wildman–Crippen MR) is 117 cm³/mol. The molecule has 0 N–H and O–H groups in total. The van der Waals surface area contributed by atoms with Gasteiger partial charge in [-0.15, -0.1) is 31.7 Å². The Labute approximate surface area is 178 Å². The van der Waals surface area contributed by atoms with Crippen molar-refractivity contribution in [2.24, 2.45) is 7.05 Å². The Bertz CT molecular complexity index is 1090. The van der Waals surface area contributed by atoms with Crippen LogP contribution in [0.25, 0.3) is 22.2 Å². The molecule has 0 saturated carbocycles. The summed E-state index contributed by atoms with van der Waals surface area (Å²) in [7, 11) is 1.98. The van der Waals surface area contributed by atoms with Crippen LogP contribution in [0.15, 0.2) is 51.4 Å². The first kappa shape index (κ1) is 19.8. The Morgan fingerprint density at radius 1 is 1.03 bits per heavy atom. The van der Waals surface area contributed by atoms with Gasteiger partial charge in [0.1, 0.15) is 0 Å². The van der Waals surface area contributed by atoms with Crippen molar-refractivity contribution in [3.63, 3.8) is 0 Å². The molecule has 0 spiro atoms. The average molecular weight is 426 g/mol. The molecule has 0 aliphatic carbocycles. The van der Waals surface area contributed by atoms with Gasteiger partial charge >= 0.3 is 0 Å². The van der Waals surface area contributed by atoms with Gasteiger partial charge in [0, 0.05) is 12.6 Å². The van der Waals surface area contributed by atoms with Gasteiger partial charge in [0.2, 0.25) is 5.89 Å². The minimum Gasteiger partial charge on any atom is -0.419 e. The third kappa shape index (κ3) is 4.13. The summed E-state index contributed by atoms with van der Waals surface area (Å²) in [6.07, 6.45) is 0. The lowest BCUT2D eigenvalue weighted by Gasteiger charge is -2.19. The Hall–Kier alpha value is -2.45. The smallest absolute Gasteiger partial charge is 0.257 e. The van der Waals surface area contributed by atoms with Crippen LogP contribution in [-0.2, 0) is 12.5 Å². The van der Waals surface area contributed by atoms with E-state index in [0.29, 0.717) is 11.8 Å². The fourth-order valence-corrected chi connectivity index (χ4v) is 4.38. The zero-order valence-electron chi connectivity index (χ0n) is 17.1. The number of thioether (sulfide) groups is 1. The summed E-state index contributed by atoms with van der Waals surface area (Å²) in [5.74, 6) is 1.97. The molecule has 0 radical (unpaired) electrons. The topological polar surface area (TPSA) is 69.6 Å². The molecule has 0 aliphatic heterocycles. The highest BCUT2D eigenvalue weighted by Gasteiger charge is 2.21. The van der Waals surface area contributed by atoms with Crippen molar-refractivity contribution in [2.45, 2.75) is 43.5 Å². The molecule has 0 saturated heterocycles. The third-order valence-corrected chi connectivity index (χ3v) is 6.63. The second-order valence-electron chi connectivity index (χ2n) is 7.88. The fourth-order valence-electron chi connectivity index (χ4n) is 2.90. The van der Waals surface area contributed by atoms with Gasteiger partial charge in [-0.3, -0.25) is 0 Å². The Kier molecular flexibility index (Phi) is 5.31. The molecule has 0 unspecified atom stereocenters. The highest BCUT2D eigenvalue weighted by atomic mass is 32.2. The van der Waals surface area contributed by atoms with E-state index in [9.17, 15) is 0 Å². The molecule has 150 valence electrons. The maximum absolute atomic E-state index is 5.85. The standard InChI is InChI=1S/C21H23N5OS2/c1-13(18-23-24-19(27-18)16-7-6-12-28-16)29-20-25-22-17(26(20)5)14-8-10-15(11-9-14)21(2,3)4/h6-13H,1-5H3/t13-/m1/s1. The summed E-state index contributed by atoms with van der Waals surface area (Å²) >= 11 is 3.13. The molecule has 3 aromatic heterocycles. The molecule has 0 amide bonds. The van der Waals surface area contributed by atoms with Crippen LogP contribution in [0.4, 0.5) is 0 Å². The lowest BCUT2D eigenvalue weighted by atomic mass is 9.87. The van der Waals surface area contributed by atoms with Gasteiger partial charge in [-0.05, 0) is 29.3 Å². The molecule has 8 heteroatoms. The van der Waals surface area contributed by atoms with E-state index in [1.165, 1.54) is 5.56 Å². The fraction of sp³-hybridized carbons (Fsp3) is 0.333. The van der Waals surface area contributed by atoms with Gasteiger partial charge in [-0.1, -0.05) is 62.9 Å². The molecule has 29 heavy (non-hydrogen) atoms. The number of benzene rings is 1. The maximum Gasteiger partial charge on any atom is 0.257 e. The van der Waals surface area contributed by atoms with Crippen molar-refractivity contribution in [1.29, 1.82) is 0 Å². The summed E-state index contributed by atoms with van der Waals surface area (Å²) < 4.78 is 7.85. The van der Waals surface area contributed by atoms with E-state index in [2.05, 4.69) is 65.4 Å². The Morgan fingerprint density at radius 3 is 2.45 bits per heavy atom. The van der Waals surface area contributed by atoms with E-state index in [4.69, 9.17) is 4.42 Å². The van der Waals surface area contributed by atoms with E-state index >= 15 is 0 Å². The van der Waals surface area contributed by atoms with Crippen molar-refractivity contribution in [3.05, 3.63) is 53.2 Å².